The van der Waals surface area contributed by atoms with Gasteiger partial charge in [-0.25, -0.2) is 4.79 Å². The van der Waals surface area contributed by atoms with Crippen LogP contribution in [0.15, 0.2) is 0 Å². The van der Waals surface area contributed by atoms with Crippen molar-refractivity contribution in [2.24, 2.45) is 0 Å². The smallest absolute Gasteiger partial charge is 0.338 e. The fourth-order valence-electron chi connectivity index (χ4n) is 1.28. The van der Waals surface area contributed by atoms with Crippen molar-refractivity contribution in [2.75, 3.05) is 33.0 Å². The molecule has 0 radical (unpaired) electrons. The Labute approximate surface area is 122 Å². The summed E-state index contributed by atoms with van der Waals surface area (Å²) < 4.78 is 21.5. The van der Waals surface area contributed by atoms with Crippen molar-refractivity contribution in [2.45, 2.75) is 59.2 Å². The molecule has 0 aromatic heterocycles. The van der Waals surface area contributed by atoms with Crippen LogP contribution in [-0.2, 0) is 23.7 Å². The van der Waals surface area contributed by atoms with E-state index < -0.39 is 11.2 Å². The Bertz CT molecular complexity index is 268. The van der Waals surface area contributed by atoms with Crippen molar-refractivity contribution in [1.82, 2.24) is 0 Å². The molecule has 0 aromatic carbocycles. The Kier molecular flexibility index (Phi) is 9.01. The molecule has 0 N–H and O–H groups in total. The first kappa shape index (κ1) is 19.4. The molecule has 0 spiro atoms. The van der Waals surface area contributed by atoms with Crippen LogP contribution in [0.2, 0.25) is 0 Å². The van der Waals surface area contributed by atoms with E-state index >= 15 is 0 Å². The Balaban J connectivity index is 3.74. The monoisotopic (exact) mass is 290 g/mol. The quantitative estimate of drug-likeness (QED) is 0.457. The van der Waals surface area contributed by atoms with Gasteiger partial charge in [-0.05, 0) is 41.0 Å². The van der Waals surface area contributed by atoms with Gasteiger partial charge in [0, 0.05) is 6.61 Å². The molecule has 20 heavy (non-hydrogen) atoms. The average molecular weight is 290 g/mol. The summed E-state index contributed by atoms with van der Waals surface area (Å²) >= 11 is 0. The lowest BCUT2D eigenvalue weighted by Crippen LogP contribution is -2.41. The normalized spacial score (nSPS) is 12.5. The molecule has 0 unspecified atom stereocenters. The van der Waals surface area contributed by atoms with Crippen molar-refractivity contribution < 1.29 is 23.7 Å². The predicted octanol–water partition coefficient (Wildman–Crippen LogP) is 2.57. The first-order valence-electron chi connectivity index (χ1n) is 7.22. The fourth-order valence-corrected chi connectivity index (χ4v) is 1.28. The number of hydrogen-bond acceptors (Lipinski definition) is 5. The van der Waals surface area contributed by atoms with E-state index in [0.717, 1.165) is 13.0 Å². The molecule has 0 bridgehead atoms. The first-order chi connectivity index (χ1) is 9.19. The molecule has 0 aliphatic carbocycles. The van der Waals surface area contributed by atoms with Gasteiger partial charge in [0.15, 0.2) is 5.60 Å². The van der Waals surface area contributed by atoms with E-state index in [9.17, 15) is 4.79 Å². The van der Waals surface area contributed by atoms with Gasteiger partial charge < -0.3 is 18.9 Å². The van der Waals surface area contributed by atoms with E-state index in [0.29, 0.717) is 26.4 Å². The van der Waals surface area contributed by atoms with Crippen LogP contribution < -0.4 is 0 Å². The molecular weight excluding hydrogens is 260 g/mol. The topological polar surface area (TPSA) is 54.0 Å². The molecular formula is C15H30O5. The van der Waals surface area contributed by atoms with Gasteiger partial charge in [0.2, 0.25) is 0 Å². The molecule has 0 amide bonds. The summed E-state index contributed by atoms with van der Waals surface area (Å²) in [5.74, 6) is -0.365. The number of ether oxygens (including phenoxy) is 4. The van der Waals surface area contributed by atoms with E-state index in [2.05, 4.69) is 6.92 Å². The molecule has 0 saturated carbocycles. The molecule has 0 rings (SSSR count). The van der Waals surface area contributed by atoms with Crippen LogP contribution in [0.3, 0.4) is 0 Å². The second-order valence-electron chi connectivity index (χ2n) is 6.09. The maximum absolute atomic E-state index is 11.9. The van der Waals surface area contributed by atoms with E-state index in [1.54, 1.807) is 13.8 Å². The summed E-state index contributed by atoms with van der Waals surface area (Å²) in [7, 11) is 0. The van der Waals surface area contributed by atoms with Crippen LogP contribution in [0.1, 0.15) is 48.0 Å². The summed E-state index contributed by atoms with van der Waals surface area (Å²) in [5, 5.41) is 0. The predicted molar refractivity (Wildman–Crippen MR) is 77.8 cm³/mol. The standard InChI is InChI=1S/C15H30O5/c1-7-8-17-9-10-18-11-12-19-15(5,6)13(16)20-14(2,3)4/h7-12H2,1-6H3. The third-order valence-corrected chi connectivity index (χ3v) is 2.30. The molecule has 5 heteroatoms. The van der Waals surface area contributed by atoms with Gasteiger partial charge >= 0.3 is 5.97 Å². The van der Waals surface area contributed by atoms with Gasteiger partial charge in [-0.2, -0.15) is 0 Å². The van der Waals surface area contributed by atoms with Crippen molar-refractivity contribution in [3.63, 3.8) is 0 Å². The summed E-state index contributed by atoms with van der Waals surface area (Å²) in [4.78, 5) is 11.9. The van der Waals surface area contributed by atoms with E-state index in [-0.39, 0.29) is 5.97 Å². The van der Waals surface area contributed by atoms with Gasteiger partial charge in [-0.1, -0.05) is 6.92 Å². The van der Waals surface area contributed by atoms with E-state index in [4.69, 9.17) is 18.9 Å². The Morgan fingerprint density at radius 2 is 1.35 bits per heavy atom. The molecule has 0 aliphatic heterocycles. The zero-order valence-electron chi connectivity index (χ0n) is 13.8. The highest BCUT2D eigenvalue weighted by molar-refractivity contribution is 5.78. The van der Waals surface area contributed by atoms with Crippen molar-refractivity contribution in [1.29, 1.82) is 0 Å². The summed E-state index contributed by atoms with van der Waals surface area (Å²) in [5.41, 5.74) is -1.47. The lowest BCUT2D eigenvalue weighted by Gasteiger charge is -2.28. The molecule has 0 aliphatic rings. The van der Waals surface area contributed by atoms with E-state index in [1.807, 2.05) is 20.8 Å². The van der Waals surface area contributed by atoms with E-state index in [1.165, 1.54) is 0 Å². The van der Waals surface area contributed by atoms with Crippen LogP contribution in [0.25, 0.3) is 0 Å². The van der Waals surface area contributed by atoms with Crippen LogP contribution in [0, 0.1) is 0 Å². The summed E-state index contributed by atoms with van der Waals surface area (Å²) in [6, 6.07) is 0. The summed E-state index contributed by atoms with van der Waals surface area (Å²) in [6.07, 6.45) is 1.01. The Morgan fingerprint density at radius 1 is 0.850 bits per heavy atom. The number of carbonyl (C=O) groups excluding carboxylic acids is 1. The highest BCUT2D eigenvalue weighted by atomic mass is 16.6. The highest BCUT2D eigenvalue weighted by Crippen LogP contribution is 2.17. The highest BCUT2D eigenvalue weighted by Gasteiger charge is 2.33. The Hall–Kier alpha value is -0.650. The van der Waals surface area contributed by atoms with Crippen LogP contribution in [0.4, 0.5) is 0 Å². The minimum atomic E-state index is -0.963. The van der Waals surface area contributed by atoms with Gasteiger partial charge in [0.1, 0.15) is 5.60 Å². The largest absolute Gasteiger partial charge is 0.458 e. The molecule has 0 saturated heterocycles. The lowest BCUT2D eigenvalue weighted by molar-refractivity contribution is -0.181. The number of esters is 1. The SMILES string of the molecule is CCCOCCOCCOC(C)(C)C(=O)OC(C)(C)C. The van der Waals surface area contributed by atoms with Crippen LogP contribution in [0.5, 0.6) is 0 Å². The second kappa shape index (κ2) is 9.32. The molecule has 0 atom stereocenters. The third kappa shape index (κ3) is 10.2. The minimum Gasteiger partial charge on any atom is -0.458 e. The maximum atomic E-state index is 11.9. The van der Waals surface area contributed by atoms with Gasteiger partial charge in [0.05, 0.1) is 26.4 Å². The lowest BCUT2D eigenvalue weighted by atomic mass is 10.1. The maximum Gasteiger partial charge on any atom is 0.338 e. The average Bonchev–Trinajstić information content (AvgIpc) is 2.30. The molecule has 0 fully saturated rings. The third-order valence-electron chi connectivity index (χ3n) is 2.30. The molecule has 0 heterocycles. The first-order valence-corrected chi connectivity index (χ1v) is 7.22. The summed E-state index contributed by atoms with van der Waals surface area (Å²) in [6.45, 7) is 13.6. The molecule has 5 nitrogen and oxygen atoms in total. The second-order valence-corrected chi connectivity index (χ2v) is 6.09. The zero-order valence-corrected chi connectivity index (χ0v) is 13.8. The number of rotatable bonds is 10. The fraction of sp³-hybridized carbons (Fsp3) is 0.933. The Morgan fingerprint density at radius 3 is 1.85 bits per heavy atom. The number of carbonyl (C=O) groups is 1. The van der Waals surface area contributed by atoms with Gasteiger partial charge in [0.25, 0.3) is 0 Å². The van der Waals surface area contributed by atoms with Gasteiger partial charge in [-0.3, -0.25) is 0 Å². The zero-order chi connectivity index (χ0) is 15.6. The van der Waals surface area contributed by atoms with Crippen molar-refractivity contribution >= 4 is 5.97 Å². The van der Waals surface area contributed by atoms with Crippen molar-refractivity contribution in [3.8, 4) is 0 Å². The van der Waals surface area contributed by atoms with Crippen molar-refractivity contribution in [3.05, 3.63) is 0 Å². The minimum absolute atomic E-state index is 0.347. The number of hydrogen-bond donors (Lipinski definition) is 0. The van der Waals surface area contributed by atoms with Crippen LogP contribution >= 0.6 is 0 Å². The van der Waals surface area contributed by atoms with Gasteiger partial charge in [-0.15, -0.1) is 0 Å². The van der Waals surface area contributed by atoms with Crippen LogP contribution in [-0.4, -0.2) is 50.2 Å². The molecule has 120 valence electrons. The molecule has 0 aromatic rings.